The minimum absolute atomic E-state index is 0.109. The average molecular weight is 438 g/mol. The Morgan fingerprint density at radius 2 is 1.80 bits per heavy atom. The average Bonchev–Trinajstić information content (AvgIpc) is 3.09. The minimum atomic E-state index is -0.109. The topological polar surface area (TPSA) is 85.7 Å². The van der Waals surface area contributed by atoms with Crippen LogP contribution in [0.3, 0.4) is 0 Å². The van der Waals surface area contributed by atoms with Crippen LogP contribution in [-0.4, -0.2) is 39.2 Å². The molecule has 0 aliphatic carbocycles. The second-order valence-electron chi connectivity index (χ2n) is 6.58. The summed E-state index contributed by atoms with van der Waals surface area (Å²) in [5.41, 5.74) is 2.85. The Balaban J connectivity index is 1.82. The number of benzene rings is 2. The summed E-state index contributed by atoms with van der Waals surface area (Å²) in [5, 5.41) is 19.0. The van der Waals surface area contributed by atoms with Gasteiger partial charge < -0.3 is 9.47 Å². The van der Waals surface area contributed by atoms with Gasteiger partial charge in [-0.3, -0.25) is 4.79 Å². The number of halogens is 1. The van der Waals surface area contributed by atoms with Crippen molar-refractivity contribution in [3.05, 3.63) is 59.1 Å². The summed E-state index contributed by atoms with van der Waals surface area (Å²) in [7, 11) is 0. The normalized spacial score (nSPS) is 10.5. The van der Waals surface area contributed by atoms with E-state index in [0.29, 0.717) is 24.7 Å². The number of imidazole rings is 1. The van der Waals surface area contributed by atoms with Gasteiger partial charge in [-0.2, -0.15) is 10.5 Å². The van der Waals surface area contributed by atoms with E-state index in [9.17, 15) is 4.79 Å². The third-order valence-corrected chi connectivity index (χ3v) is 5.72. The number of nitrogens with zero attached hydrogens (tertiary/aromatic N) is 5. The van der Waals surface area contributed by atoms with E-state index in [4.69, 9.17) is 27.1 Å². The second-order valence-corrected chi connectivity index (χ2v) is 7.96. The zero-order valence-electron chi connectivity index (χ0n) is 16.3. The van der Waals surface area contributed by atoms with Gasteiger partial charge in [-0.1, -0.05) is 53.7 Å². The summed E-state index contributed by atoms with van der Waals surface area (Å²) in [6.45, 7) is 1.28. The first-order valence-electron chi connectivity index (χ1n) is 9.46. The van der Waals surface area contributed by atoms with Crippen LogP contribution in [0.1, 0.15) is 18.4 Å². The zero-order valence-corrected chi connectivity index (χ0v) is 17.9. The summed E-state index contributed by atoms with van der Waals surface area (Å²) in [5.74, 6) is 0.0738. The van der Waals surface area contributed by atoms with Crippen molar-refractivity contribution in [1.29, 1.82) is 10.5 Å². The van der Waals surface area contributed by atoms with E-state index in [-0.39, 0.29) is 24.5 Å². The molecule has 0 spiro atoms. The van der Waals surface area contributed by atoms with E-state index in [1.165, 1.54) is 11.8 Å². The molecule has 0 saturated heterocycles. The van der Waals surface area contributed by atoms with E-state index >= 15 is 0 Å². The highest BCUT2D eigenvalue weighted by Crippen LogP contribution is 2.27. The van der Waals surface area contributed by atoms with E-state index in [2.05, 4.69) is 16.7 Å². The monoisotopic (exact) mass is 437 g/mol. The maximum absolute atomic E-state index is 12.7. The van der Waals surface area contributed by atoms with E-state index in [1.807, 2.05) is 48.5 Å². The lowest BCUT2D eigenvalue weighted by molar-refractivity contribution is -0.128. The number of carbonyl (C=O) groups is 1. The molecule has 0 N–H and O–H groups in total. The first-order valence-corrected chi connectivity index (χ1v) is 10.8. The lowest BCUT2D eigenvalue weighted by Gasteiger charge is -2.20. The van der Waals surface area contributed by atoms with Gasteiger partial charge in [0.25, 0.3) is 0 Å². The number of thioether (sulfide) groups is 1. The molecule has 0 unspecified atom stereocenters. The van der Waals surface area contributed by atoms with Crippen molar-refractivity contribution in [3.63, 3.8) is 0 Å². The van der Waals surface area contributed by atoms with Crippen molar-refractivity contribution in [2.24, 2.45) is 0 Å². The van der Waals surface area contributed by atoms with Crippen LogP contribution in [-0.2, 0) is 11.3 Å². The summed E-state index contributed by atoms with van der Waals surface area (Å²) in [4.78, 5) is 19.0. The first kappa shape index (κ1) is 21.7. The number of nitriles is 2. The van der Waals surface area contributed by atoms with Gasteiger partial charge in [-0.25, -0.2) is 4.98 Å². The fraction of sp³-hybridized carbons (Fsp3) is 0.273. The molecule has 0 radical (unpaired) electrons. The Kier molecular flexibility index (Phi) is 7.73. The van der Waals surface area contributed by atoms with Crippen molar-refractivity contribution < 1.29 is 4.79 Å². The van der Waals surface area contributed by atoms with Crippen LogP contribution in [0.15, 0.2) is 53.7 Å². The summed E-state index contributed by atoms with van der Waals surface area (Å²) >= 11 is 7.49. The maximum Gasteiger partial charge on any atom is 0.233 e. The number of aromatic nitrogens is 2. The van der Waals surface area contributed by atoms with Crippen LogP contribution in [0.4, 0.5) is 0 Å². The molecule has 0 aliphatic rings. The number of fused-ring (bicyclic) bond motifs is 1. The van der Waals surface area contributed by atoms with Gasteiger partial charge in [0.2, 0.25) is 5.91 Å². The predicted octanol–water partition coefficient (Wildman–Crippen LogP) is 4.49. The summed E-state index contributed by atoms with van der Waals surface area (Å²) in [6, 6.07) is 19.7. The van der Waals surface area contributed by atoms with Crippen LogP contribution < -0.4 is 0 Å². The second kappa shape index (κ2) is 10.7. The summed E-state index contributed by atoms with van der Waals surface area (Å²) < 4.78 is 2.08. The minimum Gasteiger partial charge on any atom is -0.340 e. The third kappa shape index (κ3) is 5.54. The molecule has 30 heavy (non-hydrogen) atoms. The molecule has 3 rings (SSSR count). The standard InChI is InChI=1S/C22H20ClN5OS/c23-18-8-9-20-19(14-18)26-22(28(20)15-17-6-2-1-3-7-17)30-16-21(29)27(12-4-10-24)13-5-11-25/h1-3,6-9,14H,4-5,12-13,15-16H2. The van der Waals surface area contributed by atoms with Crippen LogP contribution >= 0.6 is 23.4 Å². The molecule has 1 heterocycles. The van der Waals surface area contributed by atoms with Crippen molar-refractivity contribution >= 4 is 40.3 Å². The molecule has 1 amide bonds. The molecule has 0 atom stereocenters. The van der Waals surface area contributed by atoms with Crippen molar-refractivity contribution in [2.45, 2.75) is 24.5 Å². The molecule has 0 aliphatic heterocycles. The highest BCUT2D eigenvalue weighted by atomic mass is 35.5. The largest absolute Gasteiger partial charge is 0.340 e. The highest BCUT2D eigenvalue weighted by molar-refractivity contribution is 7.99. The number of carbonyl (C=O) groups excluding carboxylic acids is 1. The fourth-order valence-corrected chi connectivity index (χ4v) is 4.14. The molecule has 0 saturated carbocycles. The Labute approximate surface area is 184 Å². The molecule has 2 aromatic carbocycles. The number of rotatable bonds is 9. The predicted molar refractivity (Wildman–Crippen MR) is 118 cm³/mol. The van der Waals surface area contributed by atoms with Gasteiger partial charge in [-0.15, -0.1) is 0 Å². The number of hydrogen-bond donors (Lipinski definition) is 0. The molecule has 152 valence electrons. The van der Waals surface area contributed by atoms with Gasteiger partial charge in [0, 0.05) is 18.1 Å². The first-order chi connectivity index (χ1) is 14.6. The zero-order chi connectivity index (χ0) is 21.3. The van der Waals surface area contributed by atoms with Crippen LogP contribution in [0.25, 0.3) is 11.0 Å². The molecule has 6 nitrogen and oxygen atoms in total. The van der Waals surface area contributed by atoms with Crippen LogP contribution in [0.2, 0.25) is 5.02 Å². The van der Waals surface area contributed by atoms with Gasteiger partial charge in [-0.05, 0) is 23.8 Å². The van der Waals surface area contributed by atoms with Crippen molar-refractivity contribution in [1.82, 2.24) is 14.5 Å². The van der Waals surface area contributed by atoms with Crippen molar-refractivity contribution in [2.75, 3.05) is 18.8 Å². The summed E-state index contributed by atoms with van der Waals surface area (Å²) in [6.07, 6.45) is 0.486. The maximum atomic E-state index is 12.7. The van der Waals surface area contributed by atoms with E-state index in [1.54, 1.807) is 4.90 Å². The molecule has 0 fully saturated rings. The Hall–Kier alpha value is -3.00. The fourth-order valence-electron chi connectivity index (χ4n) is 3.06. The van der Waals surface area contributed by atoms with Crippen molar-refractivity contribution in [3.8, 4) is 12.1 Å². The number of amides is 1. The Bertz CT molecular complexity index is 1080. The Morgan fingerprint density at radius 3 is 2.47 bits per heavy atom. The lowest BCUT2D eigenvalue weighted by Crippen LogP contribution is -2.34. The SMILES string of the molecule is N#CCCN(CCC#N)C(=O)CSc1nc2cc(Cl)ccc2n1Cc1ccccc1. The van der Waals surface area contributed by atoms with Crippen LogP contribution in [0.5, 0.6) is 0 Å². The smallest absolute Gasteiger partial charge is 0.233 e. The van der Waals surface area contributed by atoms with E-state index in [0.717, 1.165) is 21.8 Å². The van der Waals surface area contributed by atoms with Gasteiger partial charge >= 0.3 is 0 Å². The Morgan fingerprint density at radius 1 is 1.10 bits per heavy atom. The third-order valence-electron chi connectivity index (χ3n) is 4.52. The molecule has 3 aromatic rings. The van der Waals surface area contributed by atoms with Gasteiger partial charge in [0.15, 0.2) is 5.16 Å². The molecular formula is C22H20ClN5OS. The lowest BCUT2D eigenvalue weighted by atomic mass is 10.2. The molecule has 1 aromatic heterocycles. The molecule has 8 heteroatoms. The van der Waals surface area contributed by atoms with Gasteiger partial charge in [0.05, 0.1) is 48.3 Å². The molecular weight excluding hydrogens is 418 g/mol. The quantitative estimate of drug-likeness (QED) is 0.460. The molecule has 0 bridgehead atoms. The van der Waals surface area contributed by atoms with E-state index < -0.39 is 0 Å². The van der Waals surface area contributed by atoms with Gasteiger partial charge in [0.1, 0.15) is 0 Å². The highest BCUT2D eigenvalue weighted by Gasteiger charge is 2.17. The number of hydrogen-bond acceptors (Lipinski definition) is 5. The van der Waals surface area contributed by atoms with Crippen LogP contribution in [0, 0.1) is 22.7 Å².